The van der Waals surface area contributed by atoms with Gasteiger partial charge in [-0.2, -0.15) is 11.3 Å². The van der Waals surface area contributed by atoms with Gasteiger partial charge in [0.05, 0.1) is 23.6 Å². The molecule has 1 atom stereocenters. The zero-order chi connectivity index (χ0) is 13.9. The number of anilines is 1. The summed E-state index contributed by atoms with van der Waals surface area (Å²) in [7, 11) is 1.96. The molecule has 0 amide bonds. The lowest BCUT2D eigenvalue weighted by molar-refractivity contribution is 0.568. The van der Waals surface area contributed by atoms with Crippen molar-refractivity contribution in [1.82, 2.24) is 10.3 Å². The SMILES string of the molecule is CNCC[C@H](c1ccsc1)N1CCc2ncc(F)cc21. The molecule has 0 saturated carbocycles. The van der Waals surface area contributed by atoms with Crippen LogP contribution in [0.3, 0.4) is 0 Å². The van der Waals surface area contributed by atoms with Crippen LogP contribution in [0.5, 0.6) is 0 Å². The van der Waals surface area contributed by atoms with Crippen molar-refractivity contribution in [3.05, 3.63) is 46.2 Å². The molecule has 0 bridgehead atoms. The van der Waals surface area contributed by atoms with Gasteiger partial charge in [0.2, 0.25) is 0 Å². The Balaban J connectivity index is 1.91. The molecule has 0 aromatic carbocycles. The molecule has 2 aromatic heterocycles. The monoisotopic (exact) mass is 291 g/mol. The van der Waals surface area contributed by atoms with Crippen molar-refractivity contribution in [2.45, 2.75) is 18.9 Å². The summed E-state index contributed by atoms with van der Waals surface area (Å²) < 4.78 is 13.5. The van der Waals surface area contributed by atoms with Crippen LogP contribution in [0.25, 0.3) is 0 Å². The van der Waals surface area contributed by atoms with E-state index in [1.165, 1.54) is 11.8 Å². The summed E-state index contributed by atoms with van der Waals surface area (Å²) in [6.07, 6.45) is 3.22. The van der Waals surface area contributed by atoms with Crippen molar-refractivity contribution in [3.63, 3.8) is 0 Å². The van der Waals surface area contributed by atoms with E-state index in [0.717, 1.165) is 37.3 Å². The summed E-state index contributed by atoms with van der Waals surface area (Å²) in [5.41, 5.74) is 3.27. The van der Waals surface area contributed by atoms with Gasteiger partial charge in [-0.3, -0.25) is 4.98 Å². The van der Waals surface area contributed by atoms with Crippen molar-refractivity contribution < 1.29 is 4.39 Å². The number of hydrogen-bond donors (Lipinski definition) is 1. The number of fused-ring (bicyclic) bond motifs is 1. The Kier molecular flexibility index (Phi) is 3.98. The van der Waals surface area contributed by atoms with Crippen LogP contribution >= 0.6 is 11.3 Å². The fourth-order valence-electron chi connectivity index (χ4n) is 2.82. The van der Waals surface area contributed by atoms with E-state index in [0.29, 0.717) is 6.04 Å². The largest absolute Gasteiger partial charge is 0.362 e. The van der Waals surface area contributed by atoms with Crippen LogP contribution < -0.4 is 10.2 Å². The van der Waals surface area contributed by atoms with Gasteiger partial charge < -0.3 is 10.2 Å². The van der Waals surface area contributed by atoms with Crippen molar-refractivity contribution in [3.8, 4) is 0 Å². The van der Waals surface area contributed by atoms with Crippen molar-refractivity contribution >= 4 is 17.0 Å². The average molecular weight is 291 g/mol. The van der Waals surface area contributed by atoms with Crippen LogP contribution in [0.15, 0.2) is 29.1 Å². The molecule has 2 aromatic rings. The summed E-state index contributed by atoms with van der Waals surface area (Å²) in [5.74, 6) is -0.256. The van der Waals surface area contributed by atoms with Crippen LogP contribution in [0, 0.1) is 5.82 Å². The highest BCUT2D eigenvalue weighted by Crippen LogP contribution is 2.36. The molecular formula is C15H18FN3S. The van der Waals surface area contributed by atoms with Gasteiger partial charge in [0.15, 0.2) is 0 Å². The summed E-state index contributed by atoms with van der Waals surface area (Å²) in [6, 6.07) is 4.07. The molecule has 1 aliphatic heterocycles. The highest BCUT2D eigenvalue weighted by Gasteiger charge is 2.28. The first-order chi connectivity index (χ1) is 9.79. The lowest BCUT2D eigenvalue weighted by Gasteiger charge is -2.30. The first-order valence-electron chi connectivity index (χ1n) is 6.87. The number of hydrogen-bond acceptors (Lipinski definition) is 4. The van der Waals surface area contributed by atoms with Gasteiger partial charge in [0.1, 0.15) is 5.82 Å². The molecule has 0 aliphatic carbocycles. The molecule has 1 aliphatic rings. The summed E-state index contributed by atoms with van der Waals surface area (Å²) in [6.45, 7) is 1.85. The van der Waals surface area contributed by atoms with E-state index in [2.05, 4.69) is 32.0 Å². The second-order valence-corrected chi connectivity index (χ2v) is 5.81. The molecule has 0 unspecified atom stereocenters. The predicted octanol–water partition coefficient (Wildman–Crippen LogP) is 3.00. The molecule has 0 spiro atoms. The molecule has 1 N–H and O–H groups in total. The molecule has 3 heterocycles. The van der Waals surface area contributed by atoms with Gasteiger partial charge in [0, 0.05) is 19.0 Å². The third-order valence-electron chi connectivity index (χ3n) is 3.78. The zero-order valence-corrected chi connectivity index (χ0v) is 12.3. The summed E-state index contributed by atoms with van der Waals surface area (Å²) in [4.78, 5) is 6.52. The molecule has 5 heteroatoms. The topological polar surface area (TPSA) is 28.2 Å². The number of nitrogens with one attached hydrogen (secondary N) is 1. The first kappa shape index (κ1) is 13.5. The Morgan fingerprint density at radius 3 is 3.20 bits per heavy atom. The van der Waals surface area contributed by atoms with Gasteiger partial charge in [0.25, 0.3) is 0 Å². The maximum absolute atomic E-state index is 13.5. The number of pyridine rings is 1. The Morgan fingerprint density at radius 1 is 1.55 bits per heavy atom. The molecule has 20 heavy (non-hydrogen) atoms. The maximum atomic E-state index is 13.5. The number of aromatic nitrogens is 1. The van der Waals surface area contributed by atoms with Gasteiger partial charge in [-0.05, 0) is 42.4 Å². The quantitative estimate of drug-likeness (QED) is 0.918. The van der Waals surface area contributed by atoms with Crippen LogP contribution in [-0.4, -0.2) is 25.1 Å². The van der Waals surface area contributed by atoms with Gasteiger partial charge in [-0.1, -0.05) is 0 Å². The summed E-state index contributed by atoms with van der Waals surface area (Å²) in [5, 5.41) is 7.49. The molecule has 106 valence electrons. The lowest BCUT2D eigenvalue weighted by atomic mass is 10.1. The third kappa shape index (κ3) is 2.55. The third-order valence-corrected chi connectivity index (χ3v) is 4.49. The van der Waals surface area contributed by atoms with E-state index in [9.17, 15) is 4.39 Å². The van der Waals surface area contributed by atoms with E-state index in [1.807, 2.05) is 7.05 Å². The summed E-state index contributed by atoms with van der Waals surface area (Å²) >= 11 is 1.71. The van der Waals surface area contributed by atoms with E-state index in [1.54, 1.807) is 17.4 Å². The van der Waals surface area contributed by atoms with E-state index < -0.39 is 0 Å². The molecule has 0 saturated heterocycles. The normalized spacial score (nSPS) is 15.4. The lowest BCUT2D eigenvalue weighted by Crippen LogP contribution is -2.29. The molecule has 3 nitrogen and oxygen atoms in total. The van der Waals surface area contributed by atoms with Gasteiger partial charge >= 0.3 is 0 Å². The minimum Gasteiger partial charge on any atom is -0.362 e. The smallest absolute Gasteiger partial charge is 0.143 e. The molecule has 0 radical (unpaired) electrons. The highest BCUT2D eigenvalue weighted by molar-refractivity contribution is 7.08. The molecule has 0 fully saturated rings. The zero-order valence-electron chi connectivity index (χ0n) is 11.5. The Bertz CT molecular complexity index is 571. The number of halogens is 1. The number of rotatable bonds is 5. The Morgan fingerprint density at radius 2 is 2.45 bits per heavy atom. The van der Waals surface area contributed by atoms with Crippen molar-refractivity contribution in [2.75, 3.05) is 25.0 Å². The van der Waals surface area contributed by atoms with E-state index >= 15 is 0 Å². The predicted molar refractivity (Wildman–Crippen MR) is 80.8 cm³/mol. The molecule has 3 rings (SSSR count). The van der Waals surface area contributed by atoms with Crippen LogP contribution in [-0.2, 0) is 6.42 Å². The minimum atomic E-state index is -0.256. The van der Waals surface area contributed by atoms with Crippen LogP contribution in [0.2, 0.25) is 0 Å². The second-order valence-electron chi connectivity index (χ2n) is 5.03. The fraction of sp³-hybridized carbons (Fsp3) is 0.400. The van der Waals surface area contributed by atoms with Gasteiger partial charge in [-0.15, -0.1) is 0 Å². The Hall–Kier alpha value is -1.46. The average Bonchev–Trinajstić information content (AvgIpc) is 3.09. The highest BCUT2D eigenvalue weighted by atomic mass is 32.1. The van der Waals surface area contributed by atoms with Crippen LogP contribution in [0.4, 0.5) is 10.1 Å². The first-order valence-corrected chi connectivity index (χ1v) is 7.81. The number of thiophene rings is 1. The van der Waals surface area contributed by atoms with Gasteiger partial charge in [-0.25, -0.2) is 4.39 Å². The minimum absolute atomic E-state index is 0.256. The fourth-order valence-corrected chi connectivity index (χ4v) is 3.52. The number of nitrogens with zero attached hydrogens (tertiary/aromatic N) is 2. The van der Waals surface area contributed by atoms with Crippen molar-refractivity contribution in [2.24, 2.45) is 0 Å². The van der Waals surface area contributed by atoms with Crippen molar-refractivity contribution in [1.29, 1.82) is 0 Å². The van der Waals surface area contributed by atoms with E-state index in [-0.39, 0.29) is 5.82 Å². The van der Waals surface area contributed by atoms with E-state index in [4.69, 9.17) is 0 Å². The second kappa shape index (κ2) is 5.89. The Labute approximate surface area is 122 Å². The standard InChI is InChI=1S/C15H18FN3S/c1-17-5-2-14(11-4-7-20-10-11)19-6-3-13-15(19)8-12(16)9-18-13/h4,7-10,14,17H,2-3,5-6H2,1H3/t14-/m1/s1. The molecular weight excluding hydrogens is 273 g/mol. The maximum Gasteiger partial charge on any atom is 0.143 e. The van der Waals surface area contributed by atoms with Crippen LogP contribution in [0.1, 0.15) is 23.7 Å².